The molecule has 0 N–H and O–H groups in total. The van der Waals surface area contributed by atoms with E-state index < -0.39 is 23.7 Å². The first-order chi connectivity index (χ1) is 14.7. The van der Waals surface area contributed by atoms with Crippen molar-refractivity contribution >= 4 is 17.6 Å². The van der Waals surface area contributed by atoms with Crippen LogP contribution in [0.25, 0.3) is 0 Å². The first-order valence-electron chi connectivity index (χ1n) is 9.83. The first kappa shape index (κ1) is 22.6. The third-order valence-corrected chi connectivity index (χ3v) is 4.91. The second-order valence-corrected chi connectivity index (χ2v) is 7.10. The number of nitrogens with zero attached hydrogens (tertiary/aromatic N) is 2. The summed E-state index contributed by atoms with van der Waals surface area (Å²) in [4.78, 5) is 27.5. The minimum atomic E-state index is -4.37. The number of hydrogen-bond acceptors (Lipinski definition) is 6. The highest BCUT2D eigenvalue weighted by Crippen LogP contribution is 2.31. The number of carbonyl (C=O) groups is 2. The number of ether oxygens (including phenoxy) is 2. The van der Waals surface area contributed by atoms with Gasteiger partial charge in [0.15, 0.2) is 0 Å². The van der Waals surface area contributed by atoms with Crippen LogP contribution in [0.3, 0.4) is 0 Å². The zero-order chi connectivity index (χ0) is 22.4. The van der Waals surface area contributed by atoms with Crippen LogP contribution in [0.15, 0.2) is 48.5 Å². The SMILES string of the molecule is CC(=O)Oc1ccccc1C(=O)OCCN1CCN(c2cccc(C(F)(F)F)c2)CC1. The van der Waals surface area contributed by atoms with Crippen LogP contribution in [0.2, 0.25) is 0 Å². The summed E-state index contributed by atoms with van der Waals surface area (Å²) < 4.78 is 49.1. The van der Waals surface area contributed by atoms with Gasteiger partial charge in [0.25, 0.3) is 0 Å². The highest BCUT2D eigenvalue weighted by atomic mass is 19.4. The van der Waals surface area contributed by atoms with Crippen molar-refractivity contribution in [2.45, 2.75) is 13.1 Å². The fourth-order valence-electron chi connectivity index (χ4n) is 3.33. The molecule has 31 heavy (non-hydrogen) atoms. The molecule has 9 heteroatoms. The maximum Gasteiger partial charge on any atom is 0.416 e. The van der Waals surface area contributed by atoms with E-state index in [1.807, 2.05) is 4.90 Å². The van der Waals surface area contributed by atoms with E-state index in [0.717, 1.165) is 12.1 Å². The number of piperazine rings is 1. The van der Waals surface area contributed by atoms with Crippen molar-refractivity contribution in [3.05, 3.63) is 59.7 Å². The molecule has 0 bridgehead atoms. The van der Waals surface area contributed by atoms with Gasteiger partial charge in [-0.05, 0) is 30.3 Å². The number of anilines is 1. The summed E-state index contributed by atoms with van der Waals surface area (Å²) in [7, 11) is 0. The predicted molar refractivity (Wildman–Crippen MR) is 108 cm³/mol. The Labute approximate surface area is 178 Å². The topological polar surface area (TPSA) is 59.1 Å². The van der Waals surface area contributed by atoms with Gasteiger partial charge in [-0.25, -0.2) is 4.79 Å². The minimum absolute atomic E-state index is 0.148. The van der Waals surface area contributed by atoms with E-state index in [0.29, 0.717) is 38.4 Å². The van der Waals surface area contributed by atoms with Gasteiger partial charge in [0.05, 0.1) is 5.56 Å². The Morgan fingerprint density at radius 1 is 1.00 bits per heavy atom. The third kappa shape index (κ3) is 6.21. The van der Waals surface area contributed by atoms with Gasteiger partial charge < -0.3 is 14.4 Å². The Balaban J connectivity index is 1.47. The van der Waals surface area contributed by atoms with Gasteiger partial charge >= 0.3 is 18.1 Å². The van der Waals surface area contributed by atoms with Crippen LogP contribution in [-0.4, -0.2) is 56.2 Å². The fraction of sp³-hybridized carbons (Fsp3) is 0.364. The highest BCUT2D eigenvalue weighted by molar-refractivity contribution is 5.93. The molecule has 0 amide bonds. The second-order valence-electron chi connectivity index (χ2n) is 7.10. The summed E-state index contributed by atoms with van der Waals surface area (Å²) >= 11 is 0. The molecule has 0 aromatic heterocycles. The van der Waals surface area contributed by atoms with Crippen LogP contribution in [0, 0.1) is 0 Å². The summed E-state index contributed by atoms with van der Waals surface area (Å²) in [5, 5.41) is 0. The lowest BCUT2D eigenvalue weighted by molar-refractivity contribution is -0.137. The van der Waals surface area contributed by atoms with Gasteiger partial charge in [-0.1, -0.05) is 18.2 Å². The van der Waals surface area contributed by atoms with E-state index in [-0.39, 0.29) is 17.9 Å². The Morgan fingerprint density at radius 2 is 1.71 bits per heavy atom. The summed E-state index contributed by atoms with van der Waals surface area (Å²) in [6.07, 6.45) is -4.37. The Morgan fingerprint density at radius 3 is 2.39 bits per heavy atom. The maximum absolute atomic E-state index is 12.9. The summed E-state index contributed by atoms with van der Waals surface area (Å²) in [5.74, 6) is -0.965. The molecule has 1 aliphatic heterocycles. The molecule has 1 fully saturated rings. The lowest BCUT2D eigenvalue weighted by Gasteiger charge is -2.36. The van der Waals surface area contributed by atoms with Crippen LogP contribution < -0.4 is 9.64 Å². The lowest BCUT2D eigenvalue weighted by Crippen LogP contribution is -2.47. The molecule has 0 spiro atoms. The summed E-state index contributed by atoms with van der Waals surface area (Å²) in [6.45, 7) is 4.32. The largest absolute Gasteiger partial charge is 0.461 e. The van der Waals surface area contributed by atoms with Crippen LogP contribution in [-0.2, 0) is 15.7 Å². The number of rotatable bonds is 6. The van der Waals surface area contributed by atoms with Gasteiger partial charge in [0.2, 0.25) is 0 Å². The van der Waals surface area contributed by atoms with Crippen LogP contribution in [0.5, 0.6) is 5.75 Å². The van der Waals surface area contributed by atoms with Crippen LogP contribution in [0.1, 0.15) is 22.8 Å². The molecule has 1 aliphatic rings. The molecule has 166 valence electrons. The maximum atomic E-state index is 12.9. The minimum Gasteiger partial charge on any atom is -0.461 e. The smallest absolute Gasteiger partial charge is 0.416 e. The lowest BCUT2D eigenvalue weighted by atomic mass is 10.1. The van der Waals surface area contributed by atoms with Gasteiger partial charge in [-0.2, -0.15) is 13.2 Å². The number of para-hydroxylation sites is 1. The van der Waals surface area contributed by atoms with Crippen molar-refractivity contribution in [3.63, 3.8) is 0 Å². The van der Waals surface area contributed by atoms with Crippen molar-refractivity contribution in [1.82, 2.24) is 4.90 Å². The fourth-order valence-corrected chi connectivity index (χ4v) is 3.33. The van der Waals surface area contributed by atoms with E-state index in [2.05, 4.69) is 4.90 Å². The summed E-state index contributed by atoms with van der Waals surface area (Å²) in [6, 6.07) is 11.7. The van der Waals surface area contributed by atoms with E-state index in [9.17, 15) is 22.8 Å². The van der Waals surface area contributed by atoms with Gasteiger partial charge in [0, 0.05) is 45.3 Å². The quantitative estimate of drug-likeness (QED) is 0.510. The van der Waals surface area contributed by atoms with Gasteiger partial charge in [0.1, 0.15) is 17.9 Å². The zero-order valence-electron chi connectivity index (χ0n) is 17.0. The van der Waals surface area contributed by atoms with Crippen LogP contribution >= 0.6 is 0 Å². The van der Waals surface area contributed by atoms with Gasteiger partial charge in [-0.3, -0.25) is 9.69 Å². The van der Waals surface area contributed by atoms with Crippen molar-refractivity contribution in [2.24, 2.45) is 0 Å². The van der Waals surface area contributed by atoms with E-state index in [1.165, 1.54) is 25.1 Å². The molecule has 2 aromatic carbocycles. The van der Waals surface area contributed by atoms with E-state index in [4.69, 9.17) is 9.47 Å². The molecule has 6 nitrogen and oxygen atoms in total. The number of benzene rings is 2. The molecule has 2 aromatic rings. The number of esters is 2. The average Bonchev–Trinajstić information content (AvgIpc) is 2.73. The molecule has 0 aliphatic carbocycles. The standard InChI is InChI=1S/C22H23F3N2O4/c1-16(28)31-20-8-3-2-7-19(20)21(29)30-14-13-26-9-11-27(12-10-26)18-6-4-5-17(15-18)22(23,24)25/h2-8,15H,9-14H2,1H3. The van der Waals surface area contributed by atoms with E-state index in [1.54, 1.807) is 18.2 Å². The first-order valence-corrected chi connectivity index (χ1v) is 9.83. The molecule has 1 saturated heterocycles. The van der Waals surface area contributed by atoms with Gasteiger partial charge in [-0.15, -0.1) is 0 Å². The van der Waals surface area contributed by atoms with Crippen LogP contribution in [0.4, 0.5) is 18.9 Å². The molecular formula is C22H23F3N2O4. The molecule has 0 saturated carbocycles. The number of alkyl halides is 3. The highest BCUT2D eigenvalue weighted by Gasteiger charge is 2.31. The number of halogens is 3. The molecule has 3 rings (SSSR count). The number of carbonyl (C=O) groups excluding carboxylic acids is 2. The Bertz CT molecular complexity index is 925. The Kier molecular flexibility index (Phi) is 7.17. The predicted octanol–water partition coefficient (Wildman–Crippen LogP) is 3.61. The molecule has 0 radical (unpaired) electrons. The molecule has 0 unspecified atom stereocenters. The molecule has 0 atom stereocenters. The second kappa shape index (κ2) is 9.82. The molecular weight excluding hydrogens is 413 g/mol. The van der Waals surface area contributed by atoms with Crippen molar-refractivity contribution < 1.29 is 32.2 Å². The zero-order valence-corrected chi connectivity index (χ0v) is 17.0. The number of hydrogen-bond donors (Lipinski definition) is 0. The Hall–Kier alpha value is -3.07. The molecule has 1 heterocycles. The monoisotopic (exact) mass is 436 g/mol. The van der Waals surface area contributed by atoms with E-state index >= 15 is 0 Å². The third-order valence-electron chi connectivity index (χ3n) is 4.91. The van der Waals surface area contributed by atoms with Crippen molar-refractivity contribution in [1.29, 1.82) is 0 Å². The van der Waals surface area contributed by atoms with Crippen molar-refractivity contribution in [3.8, 4) is 5.75 Å². The van der Waals surface area contributed by atoms with Crippen molar-refractivity contribution in [2.75, 3.05) is 44.2 Å². The normalized spacial score (nSPS) is 14.9. The summed E-state index contributed by atoms with van der Waals surface area (Å²) in [5.41, 5.74) is 0.0587. The average molecular weight is 436 g/mol.